The van der Waals surface area contributed by atoms with Gasteiger partial charge in [0.15, 0.2) is 5.89 Å². The van der Waals surface area contributed by atoms with Gasteiger partial charge < -0.3 is 9.52 Å². The summed E-state index contributed by atoms with van der Waals surface area (Å²) in [6, 6.07) is 6.11. The van der Waals surface area contributed by atoms with Crippen molar-refractivity contribution in [1.29, 1.82) is 0 Å². The molecule has 0 radical (unpaired) electrons. The van der Waals surface area contributed by atoms with Gasteiger partial charge >= 0.3 is 5.97 Å². The molecule has 2 aromatic rings. The molecule has 0 amide bonds. The zero-order valence-electron chi connectivity index (χ0n) is 9.73. The Morgan fingerprint density at radius 1 is 1.41 bits per heavy atom. The van der Waals surface area contributed by atoms with Gasteiger partial charge in [-0.2, -0.15) is 0 Å². The van der Waals surface area contributed by atoms with E-state index in [0.717, 1.165) is 11.1 Å². The lowest BCUT2D eigenvalue weighted by Crippen LogP contribution is -1.93. The smallest absolute Gasteiger partial charge is 0.373 e. The maximum absolute atomic E-state index is 10.6. The fraction of sp³-hybridized carbons (Fsp3) is 0.231. The number of nitrogens with zero attached hydrogens (tertiary/aromatic N) is 1. The van der Waals surface area contributed by atoms with Crippen LogP contribution in [0, 0.1) is 13.8 Å². The van der Waals surface area contributed by atoms with E-state index in [1.54, 1.807) is 0 Å². The van der Waals surface area contributed by atoms with Crippen molar-refractivity contribution in [2.45, 2.75) is 20.3 Å². The highest BCUT2D eigenvalue weighted by Crippen LogP contribution is 2.15. The second-order valence-electron chi connectivity index (χ2n) is 4.03. The molecule has 1 N–H and O–H groups in total. The highest BCUT2D eigenvalue weighted by molar-refractivity contribution is 5.83. The molecule has 0 spiro atoms. The van der Waals surface area contributed by atoms with Crippen LogP contribution in [0.3, 0.4) is 0 Å². The summed E-state index contributed by atoms with van der Waals surface area (Å²) in [6.07, 6.45) is 1.75. The second kappa shape index (κ2) is 4.41. The zero-order valence-corrected chi connectivity index (χ0v) is 9.73. The molecule has 4 nitrogen and oxygen atoms in total. The number of aromatic carboxylic acids is 1. The second-order valence-corrected chi connectivity index (χ2v) is 4.03. The van der Waals surface area contributed by atoms with Crippen LogP contribution in [0.5, 0.6) is 0 Å². The molecule has 1 aromatic heterocycles. The monoisotopic (exact) mass is 231 g/mol. The van der Waals surface area contributed by atoms with E-state index < -0.39 is 5.97 Å². The Kier molecular flexibility index (Phi) is 2.95. The largest absolute Gasteiger partial charge is 0.475 e. The van der Waals surface area contributed by atoms with Gasteiger partial charge in [0.05, 0.1) is 6.20 Å². The molecule has 17 heavy (non-hydrogen) atoms. The summed E-state index contributed by atoms with van der Waals surface area (Å²) in [6.45, 7) is 4.05. The standard InChI is InChI=1S/C13H13NO3/c1-8-3-4-10(9(2)5-8)6-12-14-7-11(17-12)13(15)16/h3-5,7H,6H2,1-2H3,(H,15,16). The Balaban J connectivity index is 2.22. The molecule has 1 heterocycles. The fourth-order valence-electron chi connectivity index (χ4n) is 1.70. The Labute approximate surface area is 98.9 Å². The molecule has 0 aliphatic heterocycles. The van der Waals surface area contributed by atoms with Gasteiger partial charge in [-0.05, 0) is 25.0 Å². The molecule has 0 atom stereocenters. The summed E-state index contributed by atoms with van der Waals surface area (Å²) in [7, 11) is 0. The van der Waals surface area contributed by atoms with E-state index >= 15 is 0 Å². The zero-order chi connectivity index (χ0) is 12.4. The van der Waals surface area contributed by atoms with E-state index in [0.29, 0.717) is 12.3 Å². The minimum atomic E-state index is -1.09. The minimum absolute atomic E-state index is 0.121. The average Bonchev–Trinajstić information content (AvgIpc) is 2.71. The van der Waals surface area contributed by atoms with Crippen molar-refractivity contribution in [2.24, 2.45) is 0 Å². The molecule has 0 aliphatic rings. The Morgan fingerprint density at radius 3 is 2.76 bits per heavy atom. The number of hydrogen-bond acceptors (Lipinski definition) is 3. The Bertz CT molecular complexity index is 558. The SMILES string of the molecule is Cc1ccc(Cc2ncc(C(=O)O)o2)c(C)c1. The molecule has 2 rings (SSSR count). The number of aryl methyl sites for hydroxylation is 2. The number of benzene rings is 1. The third-order valence-electron chi connectivity index (χ3n) is 2.60. The molecule has 0 unspecified atom stereocenters. The predicted octanol–water partition coefficient (Wildman–Crippen LogP) is 2.58. The highest BCUT2D eigenvalue weighted by atomic mass is 16.4. The number of rotatable bonds is 3. The van der Waals surface area contributed by atoms with Crippen molar-refractivity contribution in [2.75, 3.05) is 0 Å². The van der Waals surface area contributed by atoms with Crippen molar-refractivity contribution < 1.29 is 14.3 Å². The molecule has 0 bridgehead atoms. The number of aromatic nitrogens is 1. The fourth-order valence-corrected chi connectivity index (χ4v) is 1.70. The Hall–Kier alpha value is -2.10. The van der Waals surface area contributed by atoms with Crippen LogP contribution >= 0.6 is 0 Å². The van der Waals surface area contributed by atoms with Gasteiger partial charge in [-0.3, -0.25) is 0 Å². The molecular formula is C13H13NO3. The summed E-state index contributed by atoms with van der Waals surface area (Å²) in [4.78, 5) is 14.6. The van der Waals surface area contributed by atoms with Crippen molar-refractivity contribution in [3.8, 4) is 0 Å². The lowest BCUT2D eigenvalue weighted by molar-refractivity contribution is 0.0660. The number of carboxylic acid groups (broad SMARTS) is 1. The third-order valence-corrected chi connectivity index (χ3v) is 2.60. The van der Waals surface area contributed by atoms with Gasteiger partial charge in [-0.25, -0.2) is 9.78 Å². The van der Waals surface area contributed by atoms with Gasteiger partial charge in [0.25, 0.3) is 0 Å². The molecule has 0 fully saturated rings. The highest BCUT2D eigenvalue weighted by Gasteiger charge is 2.11. The van der Waals surface area contributed by atoms with Crippen LogP contribution in [-0.2, 0) is 6.42 Å². The number of carboxylic acids is 1. The van der Waals surface area contributed by atoms with E-state index in [1.165, 1.54) is 11.8 Å². The normalized spacial score (nSPS) is 10.5. The minimum Gasteiger partial charge on any atom is -0.475 e. The van der Waals surface area contributed by atoms with E-state index in [-0.39, 0.29) is 5.76 Å². The predicted molar refractivity (Wildman–Crippen MR) is 62.2 cm³/mol. The molecule has 4 heteroatoms. The number of oxazole rings is 1. The number of carbonyl (C=O) groups is 1. The first-order valence-corrected chi connectivity index (χ1v) is 5.30. The first-order valence-electron chi connectivity index (χ1n) is 5.30. The van der Waals surface area contributed by atoms with Gasteiger partial charge in [0, 0.05) is 6.42 Å². The topological polar surface area (TPSA) is 63.3 Å². The van der Waals surface area contributed by atoms with Crippen LogP contribution in [0.2, 0.25) is 0 Å². The van der Waals surface area contributed by atoms with E-state index in [9.17, 15) is 4.79 Å². The molecule has 0 aliphatic carbocycles. The van der Waals surface area contributed by atoms with Crippen LogP contribution in [0.15, 0.2) is 28.8 Å². The Morgan fingerprint density at radius 2 is 2.18 bits per heavy atom. The van der Waals surface area contributed by atoms with Crippen LogP contribution < -0.4 is 0 Å². The van der Waals surface area contributed by atoms with Gasteiger partial charge in [-0.1, -0.05) is 23.8 Å². The van der Waals surface area contributed by atoms with Gasteiger partial charge in [0.1, 0.15) is 0 Å². The summed E-state index contributed by atoms with van der Waals surface area (Å²) >= 11 is 0. The molecule has 88 valence electrons. The summed E-state index contributed by atoms with van der Waals surface area (Å²) < 4.78 is 5.12. The molecular weight excluding hydrogens is 218 g/mol. The summed E-state index contributed by atoms with van der Waals surface area (Å²) in [5.74, 6) is -0.788. The molecule has 0 saturated carbocycles. The first-order chi connectivity index (χ1) is 8.06. The van der Waals surface area contributed by atoms with Crippen molar-refractivity contribution >= 4 is 5.97 Å². The first kappa shape index (κ1) is 11.4. The summed E-state index contributed by atoms with van der Waals surface area (Å²) in [5.41, 5.74) is 3.44. The lowest BCUT2D eigenvalue weighted by atomic mass is 10.0. The van der Waals surface area contributed by atoms with E-state index in [1.807, 2.05) is 26.0 Å². The maximum Gasteiger partial charge on any atom is 0.373 e. The molecule has 1 aromatic carbocycles. The van der Waals surface area contributed by atoms with Gasteiger partial charge in [0.2, 0.25) is 5.76 Å². The van der Waals surface area contributed by atoms with Crippen LogP contribution in [0.4, 0.5) is 0 Å². The van der Waals surface area contributed by atoms with Crippen molar-refractivity contribution in [3.05, 3.63) is 52.7 Å². The number of hydrogen-bond donors (Lipinski definition) is 1. The van der Waals surface area contributed by atoms with Crippen LogP contribution in [0.1, 0.15) is 33.1 Å². The van der Waals surface area contributed by atoms with E-state index in [4.69, 9.17) is 9.52 Å². The van der Waals surface area contributed by atoms with Crippen molar-refractivity contribution in [3.63, 3.8) is 0 Å². The quantitative estimate of drug-likeness (QED) is 0.881. The molecule has 0 saturated heterocycles. The maximum atomic E-state index is 10.6. The van der Waals surface area contributed by atoms with E-state index in [2.05, 4.69) is 11.1 Å². The van der Waals surface area contributed by atoms with Crippen LogP contribution in [0.25, 0.3) is 0 Å². The van der Waals surface area contributed by atoms with Crippen LogP contribution in [-0.4, -0.2) is 16.1 Å². The van der Waals surface area contributed by atoms with Crippen molar-refractivity contribution in [1.82, 2.24) is 4.98 Å². The third kappa shape index (κ3) is 2.53. The average molecular weight is 231 g/mol. The van der Waals surface area contributed by atoms with Gasteiger partial charge in [-0.15, -0.1) is 0 Å². The summed E-state index contributed by atoms with van der Waals surface area (Å²) in [5, 5.41) is 8.72. The lowest BCUT2D eigenvalue weighted by Gasteiger charge is -2.04.